The normalized spacial score (nSPS) is 18.2. The molecule has 0 bridgehead atoms. The van der Waals surface area contributed by atoms with Crippen LogP contribution >= 0.6 is 0 Å². The number of benzene rings is 1. The number of rotatable bonds is 2. The molecule has 1 amide bonds. The molecule has 0 radical (unpaired) electrons. The van der Waals surface area contributed by atoms with Gasteiger partial charge in [-0.1, -0.05) is 11.6 Å². The molecular formula is C17H18N4O3. The van der Waals surface area contributed by atoms with Gasteiger partial charge in [-0.3, -0.25) is 4.79 Å². The third-order valence-electron chi connectivity index (χ3n) is 4.28. The Hall–Kier alpha value is -2.67. The predicted molar refractivity (Wildman–Crippen MR) is 86.7 cm³/mol. The second-order valence-corrected chi connectivity index (χ2v) is 6.00. The van der Waals surface area contributed by atoms with E-state index in [4.69, 9.17) is 9.15 Å². The molecule has 3 heterocycles. The van der Waals surface area contributed by atoms with Crippen LogP contribution in [-0.4, -0.2) is 45.7 Å². The van der Waals surface area contributed by atoms with Gasteiger partial charge in [-0.15, -0.1) is 10.2 Å². The maximum Gasteiger partial charge on any atom is 0.256 e. The van der Waals surface area contributed by atoms with Crippen molar-refractivity contribution in [2.24, 2.45) is 0 Å². The zero-order chi connectivity index (χ0) is 16.7. The summed E-state index contributed by atoms with van der Waals surface area (Å²) in [6.45, 7) is 5.09. The van der Waals surface area contributed by atoms with E-state index in [1.165, 1.54) is 0 Å². The second-order valence-electron chi connectivity index (χ2n) is 6.00. The number of amides is 1. The molecule has 2 aromatic heterocycles. The largest absolute Gasteiger partial charge is 0.423 e. The SMILES string of the molecule is Cc1ccc2[nH]cc(C(=O)N3CCOC[C@@H]3c3nnc(C)o3)c2c1. The van der Waals surface area contributed by atoms with Crippen molar-refractivity contribution in [3.8, 4) is 0 Å². The molecule has 7 heteroatoms. The molecule has 1 aliphatic heterocycles. The highest BCUT2D eigenvalue weighted by atomic mass is 16.5. The summed E-state index contributed by atoms with van der Waals surface area (Å²) < 4.78 is 11.0. The van der Waals surface area contributed by atoms with Crippen molar-refractivity contribution in [3.63, 3.8) is 0 Å². The molecule has 0 unspecified atom stereocenters. The summed E-state index contributed by atoms with van der Waals surface area (Å²) in [6.07, 6.45) is 1.76. The number of morpholine rings is 1. The molecule has 7 nitrogen and oxygen atoms in total. The molecule has 3 aromatic rings. The fraction of sp³-hybridized carbons (Fsp3) is 0.353. The number of aromatic amines is 1. The maximum atomic E-state index is 13.1. The standard InChI is InChI=1S/C17H18N4O3/c1-10-3-4-14-12(7-10)13(8-18-14)17(22)21-5-6-23-9-15(21)16-20-19-11(2)24-16/h3-4,7-8,15,18H,5-6,9H2,1-2H3/t15-/m1/s1. The number of aromatic nitrogens is 3. The quantitative estimate of drug-likeness (QED) is 0.781. The van der Waals surface area contributed by atoms with Crippen molar-refractivity contribution in [3.05, 3.63) is 47.3 Å². The van der Waals surface area contributed by atoms with E-state index in [1.807, 2.05) is 25.1 Å². The predicted octanol–water partition coefficient (Wildman–Crippen LogP) is 2.38. The molecule has 1 fully saturated rings. The van der Waals surface area contributed by atoms with Crippen LogP contribution < -0.4 is 0 Å². The van der Waals surface area contributed by atoms with E-state index in [0.717, 1.165) is 16.5 Å². The Kier molecular flexibility index (Phi) is 3.57. The lowest BCUT2D eigenvalue weighted by Gasteiger charge is -2.33. The molecule has 4 rings (SSSR count). The molecule has 1 aromatic carbocycles. The molecule has 24 heavy (non-hydrogen) atoms. The van der Waals surface area contributed by atoms with Gasteiger partial charge in [0.15, 0.2) is 0 Å². The van der Waals surface area contributed by atoms with Crippen molar-refractivity contribution in [2.75, 3.05) is 19.8 Å². The summed E-state index contributed by atoms with van der Waals surface area (Å²) in [5.41, 5.74) is 2.71. The molecule has 1 N–H and O–H groups in total. The third kappa shape index (κ3) is 2.46. The first kappa shape index (κ1) is 14.9. The minimum absolute atomic E-state index is 0.0593. The second kappa shape index (κ2) is 5.76. The van der Waals surface area contributed by atoms with Gasteiger partial charge in [0.25, 0.3) is 5.91 Å². The minimum Gasteiger partial charge on any atom is -0.423 e. The number of nitrogens with zero attached hydrogens (tertiary/aromatic N) is 3. The van der Waals surface area contributed by atoms with Gasteiger partial charge in [0.1, 0.15) is 6.04 Å². The van der Waals surface area contributed by atoms with E-state index in [1.54, 1.807) is 18.0 Å². The summed E-state index contributed by atoms with van der Waals surface area (Å²) in [5.74, 6) is 0.832. The van der Waals surface area contributed by atoms with Crippen LogP contribution in [0.5, 0.6) is 0 Å². The molecule has 124 valence electrons. The van der Waals surface area contributed by atoms with Gasteiger partial charge in [-0.05, 0) is 19.1 Å². The van der Waals surface area contributed by atoms with Crippen molar-refractivity contribution in [2.45, 2.75) is 19.9 Å². The highest BCUT2D eigenvalue weighted by molar-refractivity contribution is 6.07. The number of carbonyl (C=O) groups excluding carboxylic acids is 1. The van der Waals surface area contributed by atoms with Crippen LogP contribution in [0, 0.1) is 13.8 Å². The Balaban J connectivity index is 1.71. The number of hydrogen-bond donors (Lipinski definition) is 1. The van der Waals surface area contributed by atoms with Crippen LogP contribution in [0.15, 0.2) is 28.8 Å². The van der Waals surface area contributed by atoms with Crippen molar-refractivity contribution in [1.29, 1.82) is 0 Å². The van der Waals surface area contributed by atoms with Crippen molar-refractivity contribution >= 4 is 16.8 Å². The lowest BCUT2D eigenvalue weighted by molar-refractivity contribution is -0.0105. The highest BCUT2D eigenvalue weighted by Gasteiger charge is 2.33. The zero-order valence-corrected chi connectivity index (χ0v) is 13.6. The van der Waals surface area contributed by atoms with Crippen LogP contribution in [0.4, 0.5) is 0 Å². The van der Waals surface area contributed by atoms with Gasteiger partial charge in [0.05, 0.1) is 18.8 Å². The number of nitrogens with one attached hydrogen (secondary N) is 1. The zero-order valence-electron chi connectivity index (χ0n) is 13.6. The van der Waals surface area contributed by atoms with Gasteiger partial charge < -0.3 is 19.0 Å². The lowest BCUT2D eigenvalue weighted by atomic mass is 10.1. The van der Waals surface area contributed by atoms with Gasteiger partial charge in [0, 0.05) is 30.6 Å². The topological polar surface area (TPSA) is 84.2 Å². The highest BCUT2D eigenvalue weighted by Crippen LogP contribution is 2.28. The average Bonchev–Trinajstić information content (AvgIpc) is 3.20. The summed E-state index contributed by atoms with van der Waals surface area (Å²) in [6, 6.07) is 5.67. The fourth-order valence-electron chi connectivity index (χ4n) is 3.06. The maximum absolute atomic E-state index is 13.1. The summed E-state index contributed by atoms with van der Waals surface area (Å²) >= 11 is 0. The Labute approximate surface area is 138 Å². The van der Waals surface area contributed by atoms with Crippen molar-refractivity contribution in [1.82, 2.24) is 20.1 Å². The average molecular weight is 326 g/mol. The number of hydrogen-bond acceptors (Lipinski definition) is 5. The van der Waals surface area contributed by atoms with Gasteiger partial charge >= 0.3 is 0 Å². The fourth-order valence-corrected chi connectivity index (χ4v) is 3.06. The molecule has 1 saturated heterocycles. The number of carbonyl (C=O) groups is 1. The van der Waals surface area contributed by atoms with Gasteiger partial charge in [0.2, 0.25) is 11.8 Å². The van der Waals surface area contributed by atoms with Crippen LogP contribution in [0.25, 0.3) is 10.9 Å². The van der Waals surface area contributed by atoms with Crippen LogP contribution in [0.1, 0.15) is 33.7 Å². The summed E-state index contributed by atoms with van der Waals surface area (Å²) in [5, 5.41) is 8.85. The lowest BCUT2D eigenvalue weighted by Crippen LogP contribution is -2.43. The van der Waals surface area contributed by atoms with E-state index in [0.29, 0.717) is 37.1 Å². The Morgan fingerprint density at radius 3 is 3.00 bits per heavy atom. The molecule has 0 spiro atoms. The van der Waals surface area contributed by atoms with Gasteiger partial charge in [-0.25, -0.2) is 0 Å². The first-order valence-electron chi connectivity index (χ1n) is 7.90. The number of aryl methyl sites for hydroxylation is 2. The van der Waals surface area contributed by atoms with E-state index < -0.39 is 0 Å². The first-order valence-corrected chi connectivity index (χ1v) is 7.90. The van der Waals surface area contributed by atoms with E-state index >= 15 is 0 Å². The van der Waals surface area contributed by atoms with Crippen LogP contribution in [-0.2, 0) is 4.74 Å². The number of H-pyrrole nitrogens is 1. The van der Waals surface area contributed by atoms with Gasteiger partial charge in [-0.2, -0.15) is 0 Å². The van der Waals surface area contributed by atoms with Crippen LogP contribution in [0.3, 0.4) is 0 Å². The minimum atomic E-state index is -0.359. The van der Waals surface area contributed by atoms with Crippen LogP contribution in [0.2, 0.25) is 0 Å². The Morgan fingerprint density at radius 2 is 2.21 bits per heavy atom. The Bertz CT molecular complexity index is 898. The van der Waals surface area contributed by atoms with E-state index in [9.17, 15) is 4.79 Å². The number of ether oxygens (including phenoxy) is 1. The third-order valence-corrected chi connectivity index (χ3v) is 4.28. The molecule has 0 aliphatic carbocycles. The smallest absolute Gasteiger partial charge is 0.256 e. The van der Waals surface area contributed by atoms with E-state index in [2.05, 4.69) is 15.2 Å². The number of fused-ring (bicyclic) bond motifs is 1. The molecule has 1 aliphatic rings. The first-order chi connectivity index (χ1) is 11.6. The van der Waals surface area contributed by atoms with E-state index in [-0.39, 0.29) is 11.9 Å². The molecule has 1 atom stereocenters. The molecule has 0 saturated carbocycles. The van der Waals surface area contributed by atoms with Crippen molar-refractivity contribution < 1.29 is 13.9 Å². The summed E-state index contributed by atoms with van der Waals surface area (Å²) in [4.78, 5) is 18.1. The Morgan fingerprint density at radius 1 is 1.33 bits per heavy atom. The summed E-state index contributed by atoms with van der Waals surface area (Å²) in [7, 11) is 0. The molecular weight excluding hydrogens is 308 g/mol. The monoisotopic (exact) mass is 326 g/mol.